The van der Waals surface area contributed by atoms with Crippen molar-refractivity contribution in [3.8, 4) is 11.1 Å². The van der Waals surface area contributed by atoms with Crippen molar-refractivity contribution in [1.82, 2.24) is 4.90 Å². The smallest absolute Gasteiger partial charge is 0.256 e. The summed E-state index contributed by atoms with van der Waals surface area (Å²) in [5, 5.41) is 0. The molecule has 1 saturated heterocycles. The van der Waals surface area contributed by atoms with E-state index in [0.29, 0.717) is 30.1 Å². The second kappa shape index (κ2) is 7.31. The fourth-order valence-corrected chi connectivity index (χ4v) is 3.31. The number of carbonyl (C=O) groups is 1. The van der Waals surface area contributed by atoms with E-state index in [4.69, 9.17) is 5.73 Å². The van der Waals surface area contributed by atoms with Gasteiger partial charge in [0.15, 0.2) is 0 Å². The van der Waals surface area contributed by atoms with Gasteiger partial charge in [-0.3, -0.25) is 4.79 Å². The number of carbonyl (C=O) groups excluding carboxylic acids is 1. The first-order chi connectivity index (χ1) is 12.0. The minimum atomic E-state index is -0.554. The SMILES string of the molecule is CC(N)C1CCN(C(=O)c2ccc(-c3ccc(F)cc3)cc2F)CC1. The number of hydrogen-bond acceptors (Lipinski definition) is 2. The molecule has 1 aliphatic heterocycles. The van der Waals surface area contributed by atoms with Gasteiger partial charge in [0.1, 0.15) is 11.6 Å². The molecule has 132 valence electrons. The summed E-state index contributed by atoms with van der Waals surface area (Å²) in [5.74, 6) is -0.770. The molecule has 0 bridgehead atoms. The van der Waals surface area contributed by atoms with Crippen molar-refractivity contribution in [2.75, 3.05) is 13.1 Å². The van der Waals surface area contributed by atoms with Crippen LogP contribution in [0.4, 0.5) is 8.78 Å². The molecule has 0 aromatic heterocycles. The van der Waals surface area contributed by atoms with Crippen LogP contribution < -0.4 is 5.73 Å². The van der Waals surface area contributed by atoms with E-state index in [0.717, 1.165) is 12.8 Å². The normalized spacial score (nSPS) is 16.7. The van der Waals surface area contributed by atoms with E-state index in [1.807, 2.05) is 6.92 Å². The second-order valence-corrected chi connectivity index (χ2v) is 6.69. The number of hydrogen-bond donors (Lipinski definition) is 1. The molecule has 2 aromatic rings. The first-order valence-electron chi connectivity index (χ1n) is 8.56. The first-order valence-corrected chi connectivity index (χ1v) is 8.56. The van der Waals surface area contributed by atoms with E-state index in [-0.39, 0.29) is 23.3 Å². The van der Waals surface area contributed by atoms with Crippen LogP contribution in [0.5, 0.6) is 0 Å². The number of benzene rings is 2. The summed E-state index contributed by atoms with van der Waals surface area (Å²) in [7, 11) is 0. The molecule has 1 amide bonds. The Kier molecular flexibility index (Phi) is 5.13. The van der Waals surface area contributed by atoms with Crippen LogP contribution in [0.3, 0.4) is 0 Å². The number of nitrogens with zero attached hydrogens (tertiary/aromatic N) is 1. The lowest BCUT2D eigenvalue weighted by Gasteiger charge is -2.33. The zero-order valence-electron chi connectivity index (χ0n) is 14.2. The third kappa shape index (κ3) is 3.87. The molecule has 3 rings (SSSR count). The Labute approximate surface area is 146 Å². The van der Waals surface area contributed by atoms with Crippen molar-refractivity contribution in [3.63, 3.8) is 0 Å². The number of rotatable bonds is 3. The maximum absolute atomic E-state index is 14.5. The largest absolute Gasteiger partial charge is 0.339 e. The van der Waals surface area contributed by atoms with Crippen molar-refractivity contribution < 1.29 is 13.6 Å². The van der Waals surface area contributed by atoms with Gasteiger partial charge in [0, 0.05) is 19.1 Å². The van der Waals surface area contributed by atoms with Gasteiger partial charge < -0.3 is 10.6 Å². The first kappa shape index (κ1) is 17.5. The Morgan fingerprint density at radius 1 is 1.08 bits per heavy atom. The number of amides is 1. The van der Waals surface area contributed by atoms with E-state index in [1.165, 1.54) is 24.3 Å². The molecule has 5 heteroatoms. The molecule has 0 radical (unpaired) electrons. The molecule has 1 unspecified atom stereocenters. The molecule has 1 aliphatic rings. The van der Waals surface area contributed by atoms with E-state index in [9.17, 15) is 13.6 Å². The molecule has 2 aromatic carbocycles. The Morgan fingerprint density at radius 2 is 1.68 bits per heavy atom. The van der Waals surface area contributed by atoms with Crippen molar-refractivity contribution in [2.24, 2.45) is 11.7 Å². The minimum Gasteiger partial charge on any atom is -0.339 e. The van der Waals surface area contributed by atoms with Gasteiger partial charge in [-0.25, -0.2) is 8.78 Å². The summed E-state index contributed by atoms with van der Waals surface area (Å²) < 4.78 is 27.5. The predicted octanol–water partition coefficient (Wildman–Crippen LogP) is 3.83. The van der Waals surface area contributed by atoms with Crippen LogP contribution >= 0.6 is 0 Å². The third-order valence-corrected chi connectivity index (χ3v) is 4.95. The maximum atomic E-state index is 14.5. The van der Waals surface area contributed by atoms with Crippen LogP contribution in [-0.2, 0) is 0 Å². The highest BCUT2D eigenvalue weighted by atomic mass is 19.1. The summed E-state index contributed by atoms with van der Waals surface area (Å²) in [4.78, 5) is 14.3. The summed E-state index contributed by atoms with van der Waals surface area (Å²) in [6.07, 6.45) is 1.69. The van der Waals surface area contributed by atoms with Gasteiger partial charge >= 0.3 is 0 Å². The standard InChI is InChI=1S/C20H22F2N2O/c1-13(23)14-8-10-24(11-9-14)20(25)18-7-4-16(12-19(18)22)15-2-5-17(21)6-3-15/h2-7,12-14H,8-11,23H2,1H3. The Hall–Kier alpha value is -2.27. The summed E-state index contributed by atoms with van der Waals surface area (Å²) in [5.41, 5.74) is 7.31. The fraction of sp³-hybridized carbons (Fsp3) is 0.350. The van der Waals surface area contributed by atoms with E-state index in [2.05, 4.69) is 0 Å². The summed E-state index contributed by atoms with van der Waals surface area (Å²) in [6, 6.07) is 10.5. The highest BCUT2D eigenvalue weighted by molar-refractivity contribution is 5.95. The van der Waals surface area contributed by atoms with Crippen LogP contribution in [0, 0.1) is 17.6 Å². The lowest BCUT2D eigenvalue weighted by atomic mass is 9.90. The maximum Gasteiger partial charge on any atom is 0.256 e. The van der Waals surface area contributed by atoms with Gasteiger partial charge in [0.25, 0.3) is 5.91 Å². The molecule has 0 aliphatic carbocycles. The van der Waals surface area contributed by atoms with E-state index in [1.54, 1.807) is 23.1 Å². The van der Waals surface area contributed by atoms with Gasteiger partial charge in [0.2, 0.25) is 0 Å². The number of halogens is 2. The lowest BCUT2D eigenvalue weighted by molar-refractivity contribution is 0.0676. The molecule has 1 fully saturated rings. The molecule has 25 heavy (non-hydrogen) atoms. The van der Waals surface area contributed by atoms with Crippen LogP contribution in [0.15, 0.2) is 42.5 Å². The Morgan fingerprint density at radius 3 is 2.24 bits per heavy atom. The number of likely N-dealkylation sites (tertiary alicyclic amines) is 1. The topological polar surface area (TPSA) is 46.3 Å². The molecular formula is C20H22F2N2O. The van der Waals surface area contributed by atoms with Crippen LogP contribution in [0.1, 0.15) is 30.1 Å². The monoisotopic (exact) mass is 344 g/mol. The predicted molar refractivity (Wildman–Crippen MR) is 94.1 cm³/mol. The molecular weight excluding hydrogens is 322 g/mol. The average Bonchev–Trinajstić information content (AvgIpc) is 2.62. The molecule has 0 saturated carbocycles. The summed E-state index contributed by atoms with van der Waals surface area (Å²) in [6.45, 7) is 3.18. The molecule has 1 heterocycles. The Bertz CT molecular complexity index is 751. The van der Waals surface area contributed by atoms with Gasteiger partial charge in [-0.1, -0.05) is 18.2 Å². The van der Waals surface area contributed by atoms with Crippen molar-refractivity contribution in [3.05, 3.63) is 59.7 Å². The van der Waals surface area contributed by atoms with Gasteiger partial charge in [-0.05, 0) is 61.1 Å². The highest BCUT2D eigenvalue weighted by Gasteiger charge is 2.26. The lowest BCUT2D eigenvalue weighted by Crippen LogP contribution is -2.42. The zero-order valence-corrected chi connectivity index (χ0v) is 14.2. The van der Waals surface area contributed by atoms with Gasteiger partial charge in [-0.15, -0.1) is 0 Å². The van der Waals surface area contributed by atoms with Crippen molar-refractivity contribution >= 4 is 5.91 Å². The van der Waals surface area contributed by atoms with E-state index >= 15 is 0 Å². The molecule has 0 spiro atoms. The van der Waals surface area contributed by atoms with Crippen molar-refractivity contribution in [2.45, 2.75) is 25.8 Å². The second-order valence-electron chi connectivity index (χ2n) is 6.69. The molecule has 2 N–H and O–H groups in total. The van der Waals surface area contributed by atoms with Crippen LogP contribution in [-0.4, -0.2) is 29.9 Å². The number of nitrogens with two attached hydrogens (primary N) is 1. The molecule has 3 nitrogen and oxygen atoms in total. The highest BCUT2D eigenvalue weighted by Crippen LogP contribution is 2.25. The quantitative estimate of drug-likeness (QED) is 0.920. The average molecular weight is 344 g/mol. The fourth-order valence-electron chi connectivity index (χ4n) is 3.31. The van der Waals surface area contributed by atoms with E-state index < -0.39 is 5.82 Å². The molecule has 1 atom stereocenters. The Balaban J connectivity index is 1.75. The van der Waals surface area contributed by atoms with Gasteiger partial charge in [0.05, 0.1) is 5.56 Å². The minimum absolute atomic E-state index is 0.0742. The zero-order chi connectivity index (χ0) is 18.0. The van der Waals surface area contributed by atoms with Crippen LogP contribution in [0.25, 0.3) is 11.1 Å². The van der Waals surface area contributed by atoms with Crippen molar-refractivity contribution in [1.29, 1.82) is 0 Å². The number of piperidine rings is 1. The van der Waals surface area contributed by atoms with Gasteiger partial charge in [-0.2, -0.15) is 0 Å². The summed E-state index contributed by atoms with van der Waals surface area (Å²) >= 11 is 0. The van der Waals surface area contributed by atoms with Crippen LogP contribution in [0.2, 0.25) is 0 Å². The third-order valence-electron chi connectivity index (χ3n) is 4.95.